The maximum Gasteiger partial charge on any atom is 0.346 e. The van der Waals surface area contributed by atoms with Crippen molar-refractivity contribution in [2.45, 2.75) is 12.6 Å². The van der Waals surface area contributed by atoms with Crippen LogP contribution in [0.15, 0.2) is 84.1 Å². The first kappa shape index (κ1) is 21.6. The zero-order valence-electron chi connectivity index (χ0n) is 17.1. The quantitative estimate of drug-likeness (QED) is 0.184. The summed E-state index contributed by atoms with van der Waals surface area (Å²) in [5, 5.41) is 24.0. The molecule has 0 fully saturated rings. The minimum Gasteiger partial charge on any atom is -0.479 e. The number of aliphatic carboxylic acids is 1. The second-order valence-electron chi connectivity index (χ2n) is 7.56. The number of rotatable bonds is 6. The number of nitrogens with one attached hydrogen (secondary N) is 1. The number of para-hydroxylation sites is 1. The molecule has 0 bridgehead atoms. The molecule has 5 nitrogen and oxygen atoms in total. The van der Waals surface area contributed by atoms with E-state index in [0.29, 0.717) is 21.5 Å². The molecule has 0 aliphatic rings. The van der Waals surface area contributed by atoms with E-state index in [1.807, 2.05) is 12.1 Å². The minimum absolute atomic E-state index is 0.0213. The average molecular weight is 451 g/mol. The number of nitrogens with zero attached hydrogens (tertiary/aromatic N) is 1. The Balaban J connectivity index is 1.72. The summed E-state index contributed by atoms with van der Waals surface area (Å²) in [6.07, 6.45) is 1.36. The highest BCUT2D eigenvalue weighted by Gasteiger charge is 2.50. The molecule has 0 aliphatic carbocycles. The molecule has 0 aliphatic heterocycles. The Kier molecular flexibility index (Phi) is 5.72. The van der Waals surface area contributed by atoms with Crippen LogP contribution in [-0.2, 0) is 10.5 Å². The van der Waals surface area contributed by atoms with E-state index in [9.17, 15) is 15.1 Å². The fourth-order valence-corrected chi connectivity index (χ4v) is 4.09. The van der Waals surface area contributed by atoms with Gasteiger partial charge in [-0.2, -0.15) is 0 Å². The Bertz CT molecular complexity index is 1300. The van der Waals surface area contributed by atoms with Gasteiger partial charge in [-0.1, -0.05) is 78.3 Å². The number of H-pyrrole nitrogens is 1. The summed E-state index contributed by atoms with van der Waals surface area (Å²) in [5.74, 6) is -2.95. The summed E-state index contributed by atoms with van der Waals surface area (Å²) in [7, 11) is 0. The van der Waals surface area contributed by atoms with Crippen molar-refractivity contribution in [1.82, 2.24) is 4.98 Å². The summed E-state index contributed by atoms with van der Waals surface area (Å²) in [4.78, 5) is 15.1. The number of fused-ring (bicyclic) bond motifs is 1. The molecule has 0 radical (unpaired) electrons. The maximum absolute atomic E-state index is 16.3. The summed E-state index contributed by atoms with van der Waals surface area (Å²) in [5.41, 5.74) is -0.0587. The van der Waals surface area contributed by atoms with Gasteiger partial charge in [-0.25, -0.2) is 9.18 Å². The molecular weight excluding hydrogens is 431 g/mol. The van der Waals surface area contributed by atoms with Crippen molar-refractivity contribution >= 4 is 34.2 Å². The Morgan fingerprint density at radius 2 is 1.62 bits per heavy atom. The van der Waals surface area contributed by atoms with Crippen molar-refractivity contribution in [3.05, 3.63) is 95.1 Å². The van der Waals surface area contributed by atoms with E-state index < -0.39 is 17.6 Å². The number of carbonyl (C=O) groups is 1. The average Bonchev–Trinajstić information content (AvgIpc) is 3.24. The number of oxime groups is 1. The van der Waals surface area contributed by atoms with Gasteiger partial charge in [-0.15, -0.1) is 0 Å². The van der Waals surface area contributed by atoms with Crippen molar-refractivity contribution in [2.75, 3.05) is 0 Å². The van der Waals surface area contributed by atoms with Gasteiger partial charge in [-0.05, 0) is 34.9 Å². The third-order valence-corrected chi connectivity index (χ3v) is 6.02. The number of aromatic nitrogens is 1. The predicted molar refractivity (Wildman–Crippen MR) is 123 cm³/mol. The van der Waals surface area contributed by atoms with Crippen molar-refractivity contribution < 1.29 is 19.5 Å². The standard InChI is InChI=1S/C25H20ClFN2O3/c1-15(25(27,24(30)31)21-14-28-22-5-3-2-4-20(21)22)23(29-32)18-8-6-16(7-9-18)17-10-12-19(26)13-11-17/h2-15,28,32H,1H3,(H,30,31). The number of hydrogen-bond donors (Lipinski definition) is 3. The van der Waals surface area contributed by atoms with E-state index in [-0.39, 0.29) is 11.3 Å². The molecule has 0 saturated carbocycles. The van der Waals surface area contributed by atoms with Gasteiger partial charge in [0.2, 0.25) is 5.67 Å². The second-order valence-corrected chi connectivity index (χ2v) is 7.99. The number of carboxylic acid groups (broad SMARTS) is 1. The van der Waals surface area contributed by atoms with Crippen molar-refractivity contribution in [3.63, 3.8) is 0 Å². The van der Waals surface area contributed by atoms with Crippen LogP contribution >= 0.6 is 11.6 Å². The largest absolute Gasteiger partial charge is 0.479 e. The summed E-state index contributed by atoms with van der Waals surface area (Å²) in [6.45, 7) is 1.40. The van der Waals surface area contributed by atoms with Crippen LogP contribution in [0.4, 0.5) is 4.39 Å². The molecule has 2 atom stereocenters. The molecule has 7 heteroatoms. The Hall–Kier alpha value is -3.64. The van der Waals surface area contributed by atoms with Crippen LogP contribution in [0, 0.1) is 5.92 Å². The fourth-order valence-electron chi connectivity index (χ4n) is 3.96. The molecule has 1 heterocycles. The molecule has 4 rings (SSSR count). The van der Waals surface area contributed by atoms with Crippen LogP contribution in [-0.4, -0.2) is 27.0 Å². The van der Waals surface area contributed by atoms with Gasteiger partial charge in [0, 0.05) is 27.7 Å². The van der Waals surface area contributed by atoms with Gasteiger partial charge in [0.25, 0.3) is 0 Å². The number of alkyl halides is 1. The van der Waals surface area contributed by atoms with Gasteiger partial charge < -0.3 is 15.3 Å². The second kappa shape index (κ2) is 8.48. The minimum atomic E-state index is -2.82. The summed E-state index contributed by atoms with van der Waals surface area (Å²) < 4.78 is 16.3. The highest BCUT2D eigenvalue weighted by molar-refractivity contribution is 6.30. The zero-order valence-corrected chi connectivity index (χ0v) is 17.8. The molecule has 3 aromatic carbocycles. The third kappa shape index (κ3) is 3.63. The van der Waals surface area contributed by atoms with Gasteiger partial charge in [0.15, 0.2) is 0 Å². The van der Waals surface area contributed by atoms with Crippen LogP contribution in [0.3, 0.4) is 0 Å². The van der Waals surface area contributed by atoms with E-state index in [0.717, 1.165) is 11.1 Å². The van der Waals surface area contributed by atoms with Crippen LogP contribution in [0.2, 0.25) is 5.02 Å². The highest BCUT2D eigenvalue weighted by atomic mass is 35.5. The third-order valence-electron chi connectivity index (χ3n) is 5.77. The predicted octanol–water partition coefficient (Wildman–Crippen LogP) is 6.25. The number of hydrogen-bond acceptors (Lipinski definition) is 3. The fraction of sp³-hybridized carbons (Fsp3) is 0.120. The van der Waals surface area contributed by atoms with Crippen LogP contribution in [0.25, 0.3) is 22.0 Å². The SMILES string of the molecule is CC(C(=NO)c1ccc(-c2ccc(Cl)cc2)cc1)C(F)(C(=O)O)c1c[nH]c2ccccc12. The first-order valence-electron chi connectivity index (χ1n) is 9.93. The smallest absolute Gasteiger partial charge is 0.346 e. The van der Waals surface area contributed by atoms with Crippen molar-refractivity contribution in [3.8, 4) is 11.1 Å². The topological polar surface area (TPSA) is 85.7 Å². The normalized spacial score (nSPS) is 14.8. The van der Waals surface area contributed by atoms with Gasteiger partial charge in [0.1, 0.15) is 0 Å². The number of benzene rings is 3. The maximum atomic E-state index is 16.3. The molecule has 162 valence electrons. The lowest BCUT2D eigenvalue weighted by Crippen LogP contribution is -2.41. The Morgan fingerprint density at radius 1 is 1.03 bits per heavy atom. The van der Waals surface area contributed by atoms with E-state index in [1.54, 1.807) is 60.7 Å². The first-order valence-corrected chi connectivity index (χ1v) is 10.3. The van der Waals surface area contributed by atoms with Crippen molar-refractivity contribution in [2.24, 2.45) is 11.1 Å². The molecule has 2 unspecified atom stereocenters. The molecule has 0 spiro atoms. The van der Waals surface area contributed by atoms with Crippen LogP contribution < -0.4 is 0 Å². The lowest BCUT2D eigenvalue weighted by atomic mass is 9.79. The van der Waals surface area contributed by atoms with E-state index in [4.69, 9.17) is 11.6 Å². The van der Waals surface area contributed by atoms with Gasteiger partial charge >= 0.3 is 5.97 Å². The van der Waals surface area contributed by atoms with Gasteiger partial charge in [-0.3, -0.25) is 0 Å². The monoisotopic (exact) mass is 450 g/mol. The lowest BCUT2D eigenvalue weighted by molar-refractivity contribution is -0.153. The molecular formula is C25H20ClFN2O3. The molecule has 0 amide bonds. The molecule has 4 aromatic rings. The summed E-state index contributed by atoms with van der Waals surface area (Å²) >= 11 is 5.94. The first-order chi connectivity index (χ1) is 15.4. The number of carboxylic acids is 1. The van der Waals surface area contributed by atoms with E-state index in [2.05, 4.69) is 10.1 Å². The Morgan fingerprint density at radius 3 is 2.22 bits per heavy atom. The van der Waals surface area contributed by atoms with Gasteiger partial charge in [0.05, 0.1) is 11.6 Å². The van der Waals surface area contributed by atoms with Crippen LogP contribution in [0.1, 0.15) is 18.1 Å². The molecule has 3 N–H and O–H groups in total. The Labute approximate surface area is 188 Å². The van der Waals surface area contributed by atoms with E-state index in [1.165, 1.54) is 13.1 Å². The number of aromatic amines is 1. The van der Waals surface area contributed by atoms with Crippen LogP contribution in [0.5, 0.6) is 0 Å². The number of halogens is 2. The lowest BCUT2D eigenvalue weighted by Gasteiger charge is -2.28. The molecule has 32 heavy (non-hydrogen) atoms. The molecule has 1 aromatic heterocycles. The zero-order chi connectivity index (χ0) is 22.9. The summed E-state index contributed by atoms with van der Waals surface area (Å²) in [6, 6.07) is 21.1. The van der Waals surface area contributed by atoms with Crippen molar-refractivity contribution in [1.29, 1.82) is 0 Å². The highest BCUT2D eigenvalue weighted by Crippen LogP contribution is 2.40. The molecule has 0 saturated heterocycles. The van der Waals surface area contributed by atoms with E-state index >= 15 is 4.39 Å².